The largest absolute Gasteiger partial charge is 0.380 e. The van der Waals surface area contributed by atoms with Crippen LogP contribution in [-0.4, -0.2) is 25.2 Å². The van der Waals surface area contributed by atoms with E-state index in [1.54, 1.807) is 6.07 Å². The molecule has 94 valence electrons. The third kappa shape index (κ3) is 4.03. The summed E-state index contributed by atoms with van der Waals surface area (Å²) in [4.78, 5) is 11.0. The number of benzene rings is 1. The molecule has 0 fully saturated rings. The van der Waals surface area contributed by atoms with E-state index in [2.05, 4.69) is 5.32 Å². The second kappa shape index (κ2) is 6.20. The number of primary amides is 1. The highest BCUT2D eigenvalue weighted by atomic mass is 19.1. The predicted octanol–water partition coefficient (Wildman–Crippen LogP) is 1.76. The van der Waals surface area contributed by atoms with Crippen LogP contribution in [0.5, 0.6) is 0 Å². The van der Waals surface area contributed by atoms with Crippen LogP contribution in [0.15, 0.2) is 18.2 Å². The van der Waals surface area contributed by atoms with E-state index in [1.807, 2.05) is 13.8 Å². The van der Waals surface area contributed by atoms with Gasteiger partial charge in [0.2, 0.25) is 0 Å². The van der Waals surface area contributed by atoms with Crippen LogP contribution in [0.4, 0.5) is 10.1 Å². The molecule has 1 amide bonds. The minimum atomic E-state index is -0.774. The van der Waals surface area contributed by atoms with Crippen molar-refractivity contribution < 1.29 is 13.9 Å². The van der Waals surface area contributed by atoms with Crippen LogP contribution in [-0.2, 0) is 4.74 Å². The molecule has 1 unspecified atom stereocenters. The Morgan fingerprint density at radius 1 is 1.59 bits per heavy atom. The van der Waals surface area contributed by atoms with E-state index in [1.165, 1.54) is 12.1 Å². The van der Waals surface area contributed by atoms with Gasteiger partial charge in [-0.05, 0) is 32.0 Å². The quantitative estimate of drug-likeness (QED) is 0.796. The van der Waals surface area contributed by atoms with Gasteiger partial charge in [-0.2, -0.15) is 0 Å². The zero-order chi connectivity index (χ0) is 12.8. The first kappa shape index (κ1) is 13.4. The van der Waals surface area contributed by atoms with E-state index in [0.717, 1.165) is 0 Å². The molecule has 0 heterocycles. The van der Waals surface area contributed by atoms with Crippen molar-refractivity contribution in [1.29, 1.82) is 0 Å². The van der Waals surface area contributed by atoms with Crippen molar-refractivity contribution in [2.24, 2.45) is 5.73 Å². The second-order valence-electron chi connectivity index (χ2n) is 3.76. The standard InChI is InChI=1S/C12H17FN2O2/c1-3-17-7-8(2)15-9-4-5-11(13)10(6-9)12(14)16/h4-6,8,15H,3,7H2,1-2H3,(H2,14,16). The summed E-state index contributed by atoms with van der Waals surface area (Å²) in [5.41, 5.74) is 5.60. The van der Waals surface area contributed by atoms with Crippen LogP contribution in [0.25, 0.3) is 0 Å². The summed E-state index contributed by atoms with van der Waals surface area (Å²) in [6.07, 6.45) is 0. The van der Waals surface area contributed by atoms with Gasteiger partial charge in [-0.15, -0.1) is 0 Å². The van der Waals surface area contributed by atoms with Crippen LogP contribution in [0, 0.1) is 5.82 Å². The van der Waals surface area contributed by atoms with Gasteiger partial charge in [-0.25, -0.2) is 4.39 Å². The Bertz CT molecular complexity index is 396. The molecule has 0 aliphatic carbocycles. The number of carbonyl (C=O) groups is 1. The summed E-state index contributed by atoms with van der Waals surface area (Å²) in [7, 11) is 0. The van der Waals surface area contributed by atoms with Gasteiger partial charge in [0.1, 0.15) is 5.82 Å². The Morgan fingerprint density at radius 3 is 2.88 bits per heavy atom. The maximum absolute atomic E-state index is 13.2. The maximum atomic E-state index is 13.2. The van der Waals surface area contributed by atoms with Crippen LogP contribution in [0.1, 0.15) is 24.2 Å². The molecule has 3 N–H and O–H groups in total. The molecular weight excluding hydrogens is 223 g/mol. The highest BCUT2D eigenvalue weighted by molar-refractivity contribution is 5.94. The van der Waals surface area contributed by atoms with E-state index < -0.39 is 11.7 Å². The molecule has 0 saturated carbocycles. The van der Waals surface area contributed by atoms with E-state index >= 15 is 0 Å². The van der Waals surface area contributed by atoms with Crippen molar-refractivity contribution in [2.75, 3.05) is 18.5 Å². The molecule has 0 saturated heterocycles. The minimum Gasteiger partial charge on any atom is -0.380 e. The molecule has 1 rings (SSSR count). The Morgan fingerprint density at radius 2 is 2.29 bits per heavy atom. The number of hydrogen-bond acceptors (Lipinski definition) is 3. The lowest BCUT2D eigenvalue weighted by Crippen LogP contribution is -2.22. The lowest BCUT2D eigenvalue weighted by Gasteiger charge is -2.15. The number of carbonyl (C=O) groups excluding carboxylic acids is 1. The monoisotopic (exact) mass is 240 g/mol. The van der Waals surface area contributed by atoms with Gasteiger partial charge >= 0.3 is 0 Å². The molecule has 0 radical (unpaired) electrons. The first-order valence-corrected chi connectivity index (χ1v) is 5.48. The average Bonchev–Trinajstić information content (AvgIpc) is 2.28. The molecule has 4 nitrogen and oxygen atoms in total. The number of amides is 1. The highest BCUT2D eigenvalue weighted by Crippen LogP contribution is 2.15. The van der Waals surface area contributed by atoms with Gasteiger partial charge in [0, 0.05) is 18.3 Å². The van der Waals surface area contributed by atoms with Gasteiger partial charge in [-0.1, -0.05) is 0 Å². The number of nitrogens with two attached hydrogens (primary N) is 1. The number of ether oxygens (including phenoxy) is 1. The Hall–Kier alpha value is -1.62. The summed E-state index contributed by atoms with van der Waals surface area (Å²) < 4.78 is 18.4. The second-order valence-corrected chi connectivity index (χ2v) is 3.76. The third-order valence-corrected chi connectivity index (χ3v) is 2.22. The van der Waals surface area contributed by atoms with Crippen LogP contribution in [0.3, 0.4) is 0 Å². The lowest BCUT2D eigenvalue weighted by molar-refractivity contribution is 0.0996. The molecule has 5 heteroatoms. The smallest absolute Gasteiger partial charge is 0.251 e. The molecule has 0 bridgehead atoms. The number of nitrogens with one attached hydrogen (secondary N) is 1. The maximum Gasteiger partial charge on any atom is 0.251 e. The first-order valence-electron chi connectivity index (χ1n) is 5.48. The fourth-order valence-corrected chi connectivity index (χ4v) is 1.42. The summed E-state index contributed by atoms with van der Waals surface area (Å²) in [6.45, 7) is 5.03. The Balaban J connectivity index is 2.72. The number of anilines is 1. The number of hydrogen-bond donors (Lipinski definition) is 2. The fourth-order valence-electron chi connectivity index (χ4n) is 1.42. The van der Waals surface area contributed by atoms with Gasteiger partial charge in [0.15, 0.2) is 0 Å². The normalized spacial score (nSPS) is 12.2. The van der Waals surface area contributed by atoms with Gasteiger partial charge in [-0.3, -0.25) is 4.79 Å². The van der Waals surface area contributed by atoms with E-state index in [9.17, 15) is 9.18 Å². The number of halogens is 1. The van der Waals surface area contributed by atoms with Crippen molar-refractivity contribution in [3.63, 3.8) is 0 Å². The van der Waals surface area contributed by atoms with Crippen LogP contribution >= 0.6 is 0 Å². The molecule has 1 atom stereocenters. The van der Waals surface area contributed by atoms with Gasteiger partial charge in [0.25, 0.3) is 5.91 Å². The van der Waals surface area contributed by atoms with Crippen molar-refractivity contribution in [1.82, 2.24) is 0 Å². The van der Waals surface area contributed by atoms with Crippen molar-refractivity contribution in [3.8, 4) is 0 Å². The lowest BCUT2D eigenvalue weighted by atomic mass is 10.1. The summed E-state index contributed by atoms with van der Waals surface area (Å²) in [5, 5.41) is 3.10. The molecule has 17 heavy (non-hydrogen) atoms. The Labute approximate surface area is 100.0 Å². The van der Waals surface area contributed by atoms with Crippen LogP contribution < -0.4 is 11.1 Å². The van der Waals surface area contributed by atoms with Gasteiger partial charge in [0.05, 0.1) is 12.2 Å². The molecule has 0 aromatic heterocycles. The Kier molecular flexibility index (Phi) is 4.90. The highest BCUT2D eigenvalue weighted by Gasteiger charge is 2.10. The molecule has 1 aromatic rings. The van der Waals surface area contributed by atoms with Crippen molar-refractivity contribution in [3.05, 3.63) is 29.6 Å². The first-order chi connectivity index (χ1) is 8.04. The molecule has 0 spiro atoms. The van der Waals surface area contributed by atoms with Gasteiger partial charge < -0.3 is 15.8 Å². The molecular formula is C12H17FN2O2. The number of rotatable bonds is 6. The minimum absolute atomic E-state index is 0.0705. The molecule has 0 aliphatic heterocycles. The van der Waals surface area contributed by atoms with Crippen molar-refractivity contribution in [2.45, 2.75) is 19.9 Å². The zero-order valence-electron chi connectivity index (χ0n) is 10.00. The summed E-state index contributed by atoms with van der Waals surface area (Å²) in [5.74, 6) is -1.39. The average molecular weight is 240 g/mol. The fraction of sp³-hybridized carbons (Fsp3) is 0.417. The molecule has 1 aromatic carbocycles. The van der Waals surface area contributed by atoms with E-state index in [-0.39, 0.29) is 11.6 Å². The summed E-state index contributed by atoms with van der Waals surface area (Å²) in [6, 6.07) is 4.25. The predicted molar refractivity (Wildman–Crippen MR) is 64.5 cm³/mol. The van der Waals surface area contributed by atoms with Crippen molar-refractivity contribution >= 4 is 11.6 Å². The SMILES string of the molecule is CCOCC(C)Nc1ccc(F)c(C(N)=O)c1. The zero-order valence-corrected chi connectivity index (χ0v) is 10.00. The van der Waals surface area contributed by atoms with Crippen LogP contribution in [0.2, 0.25) is 0 Å². The van der Waals surface area contributed by atoms with E-state index in [4.69, 9.17) is 10.5 Å². The third-order valence-electron chi connectivity index (χ3n) is 2.22. The van der Waals surface area contributed by atoms with E-state index in [0.29, 0.717) is 18.9 Å². The molecule has 0 aliphatic rings. The summed E-state index contributed by atoms with van der Waals surface area (Å²) >= 11 is 0. The topological polar surface area (TPSA) is 64.3 Å².